The van der Waals surface area contributed by atoms with Gasteiger partial charge in [0.1, 0.15) is 0 Å². The number of hydrogen-bond donors (Lipinski definition) is 0. The smallest absolute Gasteiger partial charge is 0.166 e. The van der Waals surface area contributed by atoms with Crippen molar-refractivity contribution in [3.05, 3.63) is 23.3 Å². The molecule has 0 unspecified atom stereocenters. The van der Waals surface area contributed by atoms with Crippen molar-refractivity contribution in [3.63, 3.8) is 0 Å². The minimum Gasteiger partial charge on any atom is -0.496 e. The summed E-state index contributed by atoms with van der Waals surface area (Å²) in [5.74, 6) is 0. The largest absolute Gasteiger partial charge is 0.496 e. The summed E-state index contributed by atoms with van der Waals surface area (Å²) in [7, 11) is 0. The Morgan fingerprint density at radius 1 is 2.00 bits per heavy atom. The Kier molecular flexibility index (Phi) is 4.05. The molecule has 0 aromatic rings. The van der Waals surface area contributed by atoms with Crippen molar-refractivity contribution in [2.75, 3.05) is 6.73 Å². The van der Waals surface area contributed by atoms with E-state index in [0.717, 1.165) is 0 Å². The summed E-state index contributed by atoms with van der Waals surface area (Å²) >= 11 is 0. The fourth-order valence-corrected chi connectivity index (χ4v) is 0.112. The lowest BCUT2D eigenvalue weighted by Gasteiger charge is -1.85. The monoisotopic (exact) mass is 99.0 g/mol. The predicted octanol–water partition coefficient (Wildman–Crippen LogP) is 1.41. The van der Waals surface area contributed by atoms with Gasteiger partial charge in [-0.1, -0.05) is 11.7 Å². The van der Waals surface area contributed by atoms with Gasteiger partial charge in [-0.25, -0.2) is 0 Å². The summed E-state index contributed by atoms with van der Waals surface area (Å²) in [4.78, 5) is 2.43. The molecule has 0 aliphatic carbocycles. The SMILES string of the molecule is C=COCN=[N+]=[N-]. The summed E-state index contributed by atoms with van der Waals surface area (Å²) in [6.45, 7) is 3.25. The van der Waals surface area contributed by atoms with Crippen LogP contribution < -0.4 is 0 Å². The van der Waals surface area contributed by atoms with E-state index in [1.165, 1.54) is 6.26 Å². The van der Waals surface area contributed by atoms with Crippen LogP contribution in [0, 0.1) is 0 Å². The van der Waals surface area contributed by atoms with Gasteiger partial charge in [0.15, 0.2) is 6.73 Å². The van der Waals surface area contributed by atoms with Crippen LogP contribution in [0.2, 0.25) is 0 Å². The van der Waals surface area contributed by atoms with Gasteiger partial charge in [0, 0.05) is 4.91 Å². The van der Waals surface area contributed by atoms with E-state index < -0.39 is 0 Å². The van der Waals surface area contributed by atoms with Gasteiger partial charge in [0.05, 0.1) is 6.26 Å². The van der Waals surface area contributed by atoms with E-state index in [0.29, 0.717) is 0 Å². The van der Waals surface area contributed by atoms with Gasteiger partial charge in [0.25, 0.3) is 0 Å². The van der Waals surface area contributed by atoms with Gasteiger partial charge < -0.3 is 4.74 Å². The topological polar surface area (TPSA) is 58.0 Å². The van der Waals surface area contributed by atoms with Crippen molar-refractivity contribution in [2.45, 2.75) is 0 Å². The molecule has 0 saturated heterocycles. The molecule has 0 rings (SSSR count). The molecule has 0 aliphatic rings. The van der Waals surface area contributed by atoms with Crippen molar-refractivity contribution in [3.8, 4) is 0 Å². The number of nitrogens with zero attached hydrogens (tertiary/aromatic N) is 3. The quantitative estimate of drug-likeness (QED) is 0.173. The Hall–Kier alpha value is -1.15. The lowest BCUT2D eigenvalue weighted by Crippen LogP contribution is -1.75. The Bertz CT molecular complexity index is 94.4. The summed E-state index contributed by atoms with van der Waals surface area (Å²) in [5.41, 5.74) is 7.64. The summed E-state index contributed by atoms with van der Waals surface area (Å²) in [6.07, 6.45) is 1.22. The van der Waals surface area contributed by atoms with Crippen LogP contribution in [0.3, 0.4) is 0 Å². The molecule has 0 radical (unpaired) electrons. The maximum absolute atomic E-state index is 7.64. The zero-order valence-electron chi connectivity index (χ0n) is 3.74. The third-order valence-corrected chi connectivity index (χ3v) is 0.313. The third-order valence-electron chi connectivity index (χ3n) is 0.313. The average molecular weight is 99.1 g/mol. The first-order chi connectivity index (χ1) is 3.41. The van der Waals surface area contributed by atoms with Crippen LogP contribution in [0.1, 0.15) is 0 Å². The van der Waals surface area contributed by atoms with Gasteiger partial charge in [-0.3, -0.25) is 0 Å². The third kappa shape index (κ3) is 4.85. The van der Waals surface area contributed by atoms with E-state index in [9.17, 15) is 0 Å². The first-order valence-electron chi connectivity index (χ1n) is 1.65. The molecule has 0 heterocycles. The molecule has 0 aliphatic heterocycles. The first kappa shape index (κ1) is 5.85. The second-order valence-electron chi connectivity index (χ2n) is 0.693. The molecule has 0 fully saturated rings. The zero-order chi connectivity index (χ0) is 5.54. The standard InChI is InChI=1S/C3H5N3O/c1-2-7-3-5-6-4/h2H,1,3H2. The molecule has 0 spiro atoms. The number of rotatable bonds is 3. The van der Waals surface area contributed by atoms with E-state index in [1.807, 2.05) is 0 Å². The van der Waals surface area contributed by atoms with Crippen LogP contribution in [0.15, 0.2) is 18.0 Å². The highest BCUT2D eigenvalue weighted by atomic mass is 16.5. The summed E-state index contributed by atoms with van der Waals surface area (Å²) in [5, 5.41) is 3.05. The van der Waals surface area contributed by atoms with Crippen molar-refractivity contribution < 1.29 is 4.74 Å². The van der Waals surface area contributed by atoms with Crippen LogP contribution in [0.5, 0.6) is 0 Å². The summed E-state index contributed by atoms with van der Waals surface area (Å²) < 4.78 is 4.42. The summed E-state index contributed by atoms with van der Waals surface area (Å²) in [6, 6.07) is 0. The lowest BCUT2D eigenvalue weighted by molar-refractivity contribution is 0.261. The lowest BCUT2D eigenvalue weighted by atomic mass is 11.1. The minimum absolute atomic E-state index is 0.0278. The fraction of sp³-hybridized carbons (Fsp3) is 0.333. The van der Waals surface area contributed by atoms with Gasteiger partial charge in [-0.05, 0) is 5.53 Å². The molecule has 0 bridgehead atoms. The second kappa shape index (κ2) is 4.85. The van der Waals surface area contributed by atoms with Crippen LogP contribution >= 0.6 is 0 Å². The van der Waals surface area contributed by atoms with Gasteiger partial charge in [0.2, 0.25) is 0 Å². The molecule has 0 aromatic heterocycles. The Balaban J connectivity index is 2.97. The maximum atomic E-state index is 7.64. The van der Waals surface area contributed by atoms with Gasteiger partial charge >= 0.3 is 0 Å². The fourth-order valence-electron chi connectivity index (χ4n) is 0.112. The van der Waals surface area contributed by atoms with Crippen molar-refractivity contribution in [1.29, 1.82) is 0 Å². The number of hydrogen-bond acceptors (Lipinski definition) is 2. The molecule has 0 aromatic carbocycles. The predicted molar refractivity (Wildman–Crippen MR) is 25.3 cm³/mol. The van der Waals surface area contributed by atoms with E-state index >= 15 is 0 Å². The molecule has 0 amide bonds. The van der Waals surface area contributed by atoms with Crippen molar-refractivity contribution >= 4 is 0 Å². The number of azide groups is 1. The first-order valence-corrected chi connectivity index (χ1v) is 1.65. The van der Waals surface area contributed by atoms with E-state index in [2.05, 4.69) is 21.3 Å². The molecule has 4 nitrogen and oxygen atoms in total. The highest BCUT2D eigenvalue weighted by Gasteiger charge is 1.65. The van der Waals surface area contributed by atoms with E-state index in [1.54, 1.807) is 0 Å². The van der Waals surface area contributed by atoms with Crippen LogP contribution in [0.4, 0.5) is 0 Å². The minimum atomic E-state index is 0.0278. The van der Waals surface area contributed by atoms with E-state index in [4.69, 9.17) is 5.53 Å². The molecule has 4 heteroatoms. The average Bonchev–Trinajstić information content (AvgIpc) is 1.69. The highest BCUT2D eigenvalue weighted by Crippen LogP contribution is 1.73. The van der Waals surface area contributed by atoms with Crippen molar-refractivity contribution in [2.24, 2.45) is 5.11 Å². The van der Waals surface area contributed by atoms with Crippen LogP contribution in [0.25, 0.3) is 10.4 Å². The highest BCUT2D eigenvalue weighted by molar-refractivity contribution is 4.47. The molecule has 0 atom stereocenters. The van der Waals surface area contributed by atoms with Gasteiger partial charge in [-0.2, -0.15) is 0 Å². The molecule has 0 saturated carbocycles. The molecular formula is C3H5N3O. The van der Waals surface area contributed by atoms with Crippen molar-refractivity contribution in [1.82, 2.24) is 0 Å². The number of ether oxygens (including phenoxy) is 1. The normalized spacial score (nSPS) is 6.29. The Labute approximate surface area is 41.0 Å². The maximum Gasteiger partial charge on any atom is 0.166 e. The Morgan fingerprint density at radius 3 is 3.14 bits per heavy atom. The molecule has 7 heavy (non-hydrogen) atoms. The van der Waals surface area contributed by atoms with Crippen LogP contribution in [-0.2, 0) is 4.74 Å². The second-order valence-corrected chi connectivity index (χ2v) is 0.693. The molecule has 0 N–H and O–H groups in total. The van der Waals surface area contributed by atoms with E-state index in [-0.39, 0.29) is 6.73 Å². The molecular weight excluding hydrogens is 94.1 g/mol. The van der Waals surface area contributed by atoms with Crippen LogP contribution in [-0.4, -0.2) is 6.73 Å². The molecule has 38 valence electrons. The Morgan fingerprint density at radius 2 is 2.71 bits per heavy atom. The van der Waals surface area contributed by atoms with Gasteiger partial charge in [-0.15, -0.1) is 0 Å². The zero-order valence-corrected chi connectivity index (χ0v) is 3.74.